The lowest BCUT2D eigenvalue weighted by atomic mass is 9.73. The van der Waals surface area contributed by atoms with Crippen molar-refractivity contribution in [2.45, 2.75) is 91.9 Å². The molecule has 0 fully saturated rings. The average Bonchev–Trinajstić information content (AvgIpc) is 3.18. The number of hydrogen-bond donors (Lipinski definition) is 3. The molecule has 34 heavy (non-hydrogen) atoms. The Morgan fingerprint density at radius 2 is 1.94 bits per heavy atom. The maximum absolute atomic E-state index is 13.2. The lowest BCUT2D eigenvalue weighted by Crippen LogP contribution is -2.47. The molecule has 3 N–H and O–H groups in total. The van der Waals surface area contributed by atoms with E-state index in [0.717, 1.165) is 30.0 Å². The first-order valence-corrected chi connectivity index (χ1v) is 13.2. The standard InChI is InChI=1S/C26H39ClN2O4S/c1-15-8-7-9-16(2)24(32)17(3)25(33)26(5,6)22(30)13-23(31)29-21(11-10-15)20(27)12-19-14-34-18(4)28-19/h10,12,14,16-17,21-22,24,30,32H,7-9,11,13H2,1-6H3,(H,29,31). The van der Waals surface area contributed by atoms with Gasteiger partial charge in [0.2, 0.25) is 5.91 Å². The number of allylic oxidation sites excluding steroid dienone is 1. The Hall–Kier alpha value is -1.54. The predicted octanol–water partition coefficient (Wildman–Crippen LogP) is 5.02. The number of amides is 1. The highest BCUT2D eigenvalue weighted by atomic mass is 35.5. The summed E-state index contributed by atoms with van der Waals surface area (Å²) < 4.78 is 0. The minimum Gasteiger partial charge on any atom is -0.392 e. The number of hydrogen-bond acceptors (Lipinski definition) is 6. The molecule has 1 aliphatic rings. The summed E-state index contributed by atoms with van der Waals surface area (Å²) in [4.78, 5) is 30.5. The normalized spacial score (nSPS) is 30.6. The molecule has 1 aromatic heterocycles. The van der Waals surface area contributed by atoms with Crippen molar-refractivity contribution in [3.05, 3.63) is 32.8 Å². The van der Waals surface area contributed by atoms with Crippen LogP contribution >= 0.6 is 22.9 Å². The molecule has 5 atom stereocenters. The number of aryl methyl sites for hydroxylation is 1. The van der Waals surface area contributed by atoms with Crippen LogP contribution in [0, 0.1) is 24.2 Å². The second-order valence-corrected chi connectivity index (χ2v) is 11.7. The first-order valence-electron chi connectivity index (χ1n) is 12.0. The number of carbonyl (C=O) groups is 2. The summed E-state index contributed by atoms with van der Waals surface area (Å²) >= 11 is 8.15. The smallest absolute Gasteiger partial charge is 0.223 e. The summed E-state index contributed by atoms with van der Waals surface area (Å²) in [6.07, 6.45) is 4.63. The summed E-state index contributed by atoms with van der Waals surface area (Å²) in [5.74, 6) is -1.33. The Kier molecular flexibility index (Phi) is 10.5. The number of nitrogens with one attached hydrogen (secondary N) is 1. The van der Waals surface area contributed by atoms with Crippen molar-refractivity contribution in [3.63, 3.8) is 0 Å². The fourth-order valence-electron chi connectivity index (χ4n) is 4.31. The van der Waals surface area contributed by atoms with Crippen LogP contribution in [0.5, 0.6) is 0 Å². The molecule has 2 heterocycles. The molecule has 8 heteroatoms. The molecule has 1 aromatic rings. The van der Waals surface area contributed by atoms with Crippen LogP contribution in [-0.4, -0.2) is 45.1 Å². The van der Waals surface area contributed by atoms with Crippen LogP contribution in [0.2, 0.25) is 0 Å². The second-order valence-electron chi connectivity index (χ2n) is 10.2. The van der Waals surface area contributed by atoms with Crippen LogP contribution in [0.3, 0.4) is 0 Å². The SMILES string of the molecule is CC1=CCC(C(Cl)=Cc2csc(C)n2)NC(=O)CC(O)C(C)(C)C(=O)C(C)C(O)C(C)CCC1. The van der Waals surface area contributed by atoms with Gasteiger partial charge in [0.25, 0.3) is 0 Å². The zero-order chi connectivity index (χ0) is 25.6. The van der Waals surface area contributed by atoms with Crippen LogP contribution < -0.4 is 5.32 Å². The fraction of sp³-hybridized carbons (Fsp3) is 0.654. The molecule has 0 saturated heterocycles. The lowest BCUT2D eigenvalue weighted by Gasteiger charge is -2.34. The van der Waals surface area contributed by atoms with Crippen molar-refractivity contribution < 1.29 is 19.8 Å². The van der Waals surface area contributed by atoms with Crippen LogP contribution in [0.15, 0.2) is 22.1 Å². The van der Waals surface area contributed by atoms with E-state index >= 15 is 0 Å². The number of aromatic nitrogens is 1. The number of halogens is 1. The molecule has 0 saturated carbocycles. The van der Waals surface area contributed by atoms with Crippen molar-refractivity contribution in [1.29, 1.82) is 0 Å². The van der Waals surface area contributed by atoms with Gasteiger partial charge in [0.05, 0.1) is 40.8 Å². The number of carbonyl (C=O) groups excluding carboxylic acids is 2. The predicted molar refractivity (Wildman–Crippen MR) is 139 cm³/mol. The number of nitrogens with zero attached hydrogens (tertiary/aromatic N) is 1. The third-order valence-corrected chi connectivity index (χ3v) is 8.04. The highest BCUT2D eigenvalue weighted by Crippen LogP contribution is 2.32. The molecular formula is C26H39ClN2O4S. The number of aliphatic hydroxyl groups is 2. The molecule has 0 spiro atoms. The van der Waals surface area contributed by atoms with E-state index in [2.05, 4.69) is 16.4 Å². The van der Waals surface area contributed by atoms with Gasteiger partial charge in [0, 0.05) is 16.3 Å². The molecule has 0 aliphatic carbocycles. The molecule has 0 aromatic carbocycles. The van der Waals surface area contributed by atoms with Gasteiger partial charge < -0.3 is 15.5 Å². The highest BCUT2D eigenvalue weighted by molar-refractivity contribution is 7.09. The van der Waals surface area contributed by atoms with Crippen molar-refractivity contribution in [2.24, 2.45) is 17.3 Å². The second kappa shape index (κ2) is 12.4. The molecule has 1 aliphatic heterocycles. The third kappa shape index (κ3) is 7.74. The van der Waals surface area contributed by atoms with Gasteiger partial charge in [-0.05, 0) is 51.5 Å². The van der Waals surface area contributed by atoms with Crippen LogP contribution in [0.4, 0.5) is 0 Å². The third-order valence-electron chi connectivity index (χ3n) is 6.88. The van der Waals surface area contributed by atoms with Crippen molar-refractivity contribution in [2.75, 3.05) is 0 Å². The van der Waals surface area contributed by atoms with E-state index in [1.807, 2.05) is 26.2 Å². The monoisotopic (exact) mass is 510 g/mol. The minimum atomic E-state index is -1.19. The van der Waals surface area contributed by atoms with E-state index in [9.17, 15) is 19.8 Å². The van der Waals surface area contributed by atoms with Crippen LogP contribution in [-0.2, 0) is 9.59 Å². The fourth-order valence-corrected chi connectivity index (χ4v) is 5.13. The minimum absolute atomic E-state index is 0.0532. The summed E-state index contributed by atoms with van der Waals surface area (Å²) in [5.41, 5.74) is 0.730. The van der Waals surface area contributed by atoms with E-state index in [-0.39, 0.29) is 24.0 Å². The van der Waals surface area contributed by atoms with Crippen LogP contribution in [0.25, 0.3) is 6.08 Å². The van der Waals surface area contributed by atoms with E-state index in [1.54, 1.807) is 26.8 Å². The van der Waals surface area contributed by atoms with Crippen molar-refractivity contribution >= 4 is 40.7 Å². The Morgan fingerprint density at radius 1 is 1.26 bits per heavy atom. The molecule has 0 bridgehead atoms. The quantitative estimate of drug-likeness (QED) is 0.485. The van der Waals surface area contributed by atoms with E-state index in [0.29, 0.717) is 11.5 Å². The Labute approximate surface area is 212 Å². The van der Waals surface area contributed by atoms with E-state index < -0.39 is 29.6 Å². The summed E-state index contributed by atoms with van der Waals surface area (Å²) in [5, 5.41) is 27.8. The summed E-state index contributed by atoms with van der Waals surface area (Å²) in [6.45, 7) is 10.9. The molecule has 6 nitrogen and oxygen atoms in total. The number of aliphatic hydroxyl groups excluding tert-OH is 2. The average molecular weight is 511 g/mol. The molecule has 1 amide bonds. The zero-order valence-corrected chi connectivity index (χ0v) is 22.7. The topological polar surface area (TPSA) is 99.5 Å². The Bertz CT molecular complexity index is 924. The number of thiazole rings is 1. The molecule has 190 valence electrons. The summed E-state index contributed by atoms with van der Waals surface area (Å²) in [7, 11) is 0. The van der Waals surface area contributed by atoms with Gasteiger partial charge in [-0.15, -0.1) is 11.3 Å². The number of rotatable bonds is 2. The van der Waals surface area contributed by atoms with Gasteiger partial charge in [-0.1, -0.05) is 50.9 Å². The Balaban J connectivity index is 2.33. The maximum atomic E-state index is 13.2. The van der Waals surface area contributed by atoms with E-state index in [4.69, 9.17) is 11.6 Å². The maximum Gasteiger partial charge on any atom is 0.223 e. The van der Waals surface area contributed by atoms with Gasteiger partial charge in [-0.2, -0.15) is 0 Å². The largest absolute Gasteiger partial charge is 0.392 e. The Morgan fingerprint density at radius 3 is 2.56 bits per heavy atom. The molecule has 5 unspecified atom stereocenters. The first kappa shape index (κ1) is 28.7. The summed E-state index contributed by atoms with van der Waals surface area (Å²) in [6, 6.07) is -0.468. The van der Waals surface area contributed by atoms with Gasteiger partial charge >= 0.3 is 0 Å². The molecular weight excluding hydrogens is 472 g/mol. The van der Waals surface area contributed by atoms with Crippen molar-refractivity contribution in [1.82, 2.24) is 10.3 Å². The number of Topliss-reactive ketones (excluding diaryl/α,β-unsaturated/α-hetero) is 1. The van der Waals surface area contributed by atoms with Gasteiger partial charge in [-0.3, -0.25) is 9.59 Å². The number of ketones is 1. The van der Waals surface area contributed by atoms with Crippen molar-refractivity contribution in [3.8, 4) is 0 Å². The van der Waals surface area contributed by atoms with E-state index in [1.165, 1.54) is 16.9 Å². The lowest BCUT2D eigenvalue weighted by molar-refractivity contribution is -0.143. The molecule has 2 rings (SSSR count). The van der Waals surface area contributed by atoms with Gasteiger partial charge in [0.1, 0.15) is 5.78 Å². The van der Waals surface area contributed by atoms with Gasteiger partial charge in [-0.25, -0.2) is 4.98 Å². The zero-order valence-electron chi connectivity index (χ0n) is 21.1. The van der Waals surface area contributed by atoms with Crippen LogP contribution in [0.1, 0.15) is 77.4 Å². The first-order chi connectivity index (χ1) is 15.8. The molecule has 0 radical (unpaired) electrons. The highest BCUT2D eigenvalue weighted by Gasteiger charge is 2.42. The van der Waals surface area contributed by atoms with Gasteiger partial charge in [0.15, 0.2) is 0 Å².